The van der Waals surface area contributed by atoms with Gasteiger partial charge in [-0.1, -0.05) is 47.6 Å². The topological polar surface area (TPSA) is 38.7 Å². The lowest BCUT2D eigenvalue weighted by Gasteiger charge is -2.00. The normalized spacial score (nSPS) is 10.8. The van der Waals surface area contributed by atoms with E-state index < -0.39 is 5.97 Å². The highest BCUT2D eigenvalue weighted by Gasteiger charge is 1.97. The van der Waals surface area contributed by atoms with Gasteiger partial charge < -0.3 is 4.84 Å². The minimum atomic E-state index is -0.420. The average Bonchev–Trinajstić information content (AvgIpc) is 2.29. The number of carbonyl (C=O) groups is 1. The van der Waals surface area contributed by atoms with Crippen LogP contribution in [0.5, 0.6) is 0 Å². The Bertz CT molecular complexity index is 541. The van der Waals surface area contributed by atoms with Crippen LogP contribution in [0.1, 0.15) is 12.5 Å². The van der Waals surface area contributed by atoms with E-state index in [1.807, 2.05) is 42.5 Å². The zero-order valence-electron chi connectivity index (χ0n) is 8.88. The lowest BCUT2D eigenvalue weighted by Crippen LogP contribution is -1.92. The van der Waals surface area contributed by atoms with E-state index in [-0.39, 0.29) is 0 Å². The number of fused-ring (bicyclic) bond motifs is 1. The molecule has 0 heterocycles. The summed E-state index contributed by atoms with van der Waals surface area (Å²) in [4.78, 5) is 15.1. The summed E-state index contributed by atoms with van der Waals surface area (Å²) in [5.74, 6) is -0.420. The predicted octanol–water partition coefficient (Wildman–Crippen LogP) is 2.74. The largest absolute Gasteiger partial charge is 0.331 e. The maximum Gasteiger partial charge on any atom is 0.331 e. The lowest BCUT2D eigenvalue weighted by atomic mass is 10.1. The first-order valence-electron chi connectivity index (χ1n) is 4.96. The Morgan fingerprint density at radius 3 is 2.75 bits per heavy atom. The summed E-state index contributed by atoms with van der Waals surface area (Å²) in [5, 5.41) is 5.83. The standard InChI is InChI=1S/C13H11NO2/c1-10(15)16-14-9-12-7-4-6-11-5-2-3-8-13(11)12/h2-9H,1H3/b14-9+. The van der Waals surface area contributed by atoms with Crippen molar-refractivity contribution < 1.29 is 9.63 Å². The third kappa shape index (κ3) is 2.25. The molecule has 0 aliphatic heterocycles. The Balaban J connectivity index is 2.37. The SMILES string of the molecule is CC(=O)O/N=C/c1cccc2ccccc12. The molecule has 80 valence electrons. The molecular weight excluding hydrogens is 202 g/mol. The lowest BCUT2D eigenvalue weighted by molar-refractivity contribution is -0.140. The van der Waals surface area contributed by atoms with Crippen LogP contribution in [-0.2, 0) is 9.63 Å². The first-order chi connectivity index (χ1) is 7.77. The number of hydrogen-bond acceptors (Lipinski definition) is 3. The fourth-order valence-corrected chi connectivity index (χ4v) is 1.52. The van der Waals surface area contributed by atoms with Crippen LogP contribution in [0.4, 0.5) is 0 Å². The maximum absolute atomic E-state index is 10.6. The van der Waals surface area contributed by atoms with Gasteiger partial charge in [-0.25, -0.2) is 4.79 Å². The molecule has 3 nitrogen and oxygen atoms in total. The number of benzene rings is 2. The van der Waals surface area contributed by atoms with Gasteiger partial charge in [0, 0.05) is 12.5 Å². The van der Waals surface area contributed by atoms with Crippen molar-refractivity contribution in [2.24, 2.45) is 5.16 Å². The van der Waals surface area contributed by atoms with Gasteiger partial charge in [0.2, 0.25) is 0 Å². The summed E-state index contributed by atoms with van der Waals surface area (Å²) in [6, 6.07) is 13.9. The van der Waals surface area contributed by atoms with Crippen LogP contribution in [0.25, 0.3) is 10.8 Å². The third-order valence-corrected chi connectivity index (χ3v) is 2.20. The molecule has 0 fully saturated rings. The molecule has 0 aliphatic carbocycles. The van der Waals surface area contributed by atoms with Gasteiger partial charge in [0.25, 0.3) is 0 Å². The number of carbonyl (C=O) groups excluding carboxylic acids is 1. The van der Waals surface area contributed by atoms with E-state index >= 15 is 0 Å². The molecule has 0 atom stereocenters. The third-order valence-electron chi connectivity index (χ3n) is 2.20. The van der Waals surface area contributed by atoms with Crippen LogP contribution in [0.2, 0.25) is 0 Å². The van der Waals surface area contributed by atoms with Crippen molar-refractivity contribution in [2.45, 2.75) is 6.92 Å². The van der Waals surface area contributed by atoms with E-state index in [4.69, 9.17) is 0 Å². The van der Waals surface area contributed by atoms with E-state index in [9.17, 15) is 4.79 Å². The maximum atomic E-state index is 10.6. The fourth-order valence-electron chi connectivity index (χ4n) is 1.52. The Morgan fingerprint density at radius 2 is 1.94 bits per heavy atom. The second kappa shape index (κ2) is 4.57. The Morgan fingerprint density at radius 1 is 1.19 bits per heavy atom. The van der Waals surface area contributed by atoms with Crippen molar-refractivity contribution in [3.63, 3.8) is 0 Å². The first-order valence-corrected chi connectivity index (χ1v) is 4.96. The van der Waals surface area contributed by atoms with E-state index in [2.05, 4.69) is 9.99 Å². The summed E-state index contributed by atoms with van der Waals surface area (Å²) in [6.07, 6.45) is 1.55. The molecule has 0 saturated carbocycles. The van der Waals surface area contributed by atoms with Crippen molar-refractivity contribution in [1.29, 1.82) is 0 Å². The molecule has 0 N–H and O–H groups in total. The number of hydrogen-bond donors (Lipinski definition) is 0. The van der Waals surface area contributed by atoms with Gasteiger partial charge in [0.15, 0.2) is 0 Å². The van der Waals surface area contributed by atoms with Crippen LogP contribution in [-0.4, -0.2) is 12.2 Å². The summed E-state index contributed by atoms with van der Waals surface area (Å²) in [7, 11) is 0. The van der Waals surface area contributed by atoms with Crippen molar-refractivity contribution >= 4 is 23.0 Å². The molecule has 0 radical (unpaired) electrons. The quantitative estimate of drug-likeness (QED) is 0.437. The molecule has 2 aromatic carbocycles. The summed E-state index contributed by atoms with van der Waals surface area (Å²) in [5.41, 5.74) is 0.930. The van der Waals surface area contributed by atoms with Gasteiger partial charge in [0.05, 0.1) is 6.21 Å². The smallest absolute Gasteiger partial charge is 0.319 e. The highest BCUT2D eigenvalue weighted by Crippen LogP contribution is 2.16. The minimum absolute atomic E-state index is 0.420. The van der Waals surface area contributed by atoms with Crippen LogP contribution in [0.15, 0.2) is 47.6 Å². The molecule has 0 aromatic heterocycles. The Kier molecular flexibility index (Phi) is 2.96. The van der Waals surface area contributed by atoms with Crippen molar-refractivity contribution in [3.8, 4) is 0 Å². The van der Waals surface area contributed by atoms with Gasteiger partial charge in [-0.2, -0.15) is 0 Å². The van der Waals surface area contributed by atoms with Crippen LogP contribution < -0.4 is 0 Å². The molecular formula is C13H11NO2. The molecule has 2 aromatic rings. The molecule has 3 heteroatoms. The molecule has 0 bridgehead atoms. The van der Waals surface area contributed by atoms with Crippen molar-refractivity contribution in [3.05, 3.63) is 48.0 Å². The van der Waals surface area contributed by atoms with E-state index in [0.717, 1.165) is 16.3 Å². The Hall–Kier alpha value is -2.16. The predicted molar refractivity (Wildman–Crippen MR) is 63.3 cm³/mol. The number of nitrogens with zero attached hydrogens (tertiary/aromatic N) is 1. The number of oxime groups is 1. The van der Waals surface area contributed by atoms with E-state index in [1.54, 1.807) is 6.21 Å². The van der Waals surface area contributed by atoms with Crippen LogP contribution in [0.3, 0.4) is 0 Å². The molecule has 16 heavy (non-hydrogen) atoms. The summed E-state index contributed by atoms with van der Waals surface area (Å²) in [6.45, 7) is 1.32. The van der Waals surface area contributed by atoms with E-state index in [0.29, 0.717) is 0 Å². The summed E-state index contributed by atoms with van der Waals surface area (Å²) < 4.78 is 0. The van der Waals surface area contributed by atoms with Crippen LogP contribution in [0, 0.1) is 0 Å². The molecule has 0 amide bonds. The Labute approximate surface area is 93.3 Å². The van der Waals surface area contributed by atoms with Gasteiger partial charge in [-0.3, -0.25) is 0 Å². The monoisotopic (exact) mass is 213 g/mol. The molecule has 2 rings (SSSR count). The second-order valence-electron chi connectivity index (χ2n) is 3.39. The van der Waals surface area contributed by atoms with Crippen molar-refractivity contribution in [1.82, 2.24) is 0 Å². The highest BCUT2D eigenvalue weighted by atomic mass is 16.7. The first kappa shape index (κ1) is 10.4. The van der Waals surface area contributed by atoms with Gasteiger partial charge in [0.1, 0.15) is 0 Å². The summed E-state index contributed by atoms with van der Waals surface area (Å²) >= 11 is 0. The van der Waals surface area contributed by atoms with Gasteiger partial charge in [-0.15, -0.1) is 0 Å². The van der Waals surface area contributed by atoms with E-state index in [1.165, 1.54) is 6.92 Å². The average molecular weight is 213 g/mol. The zero-order valence-corrected chi connectivity index (χ0v) is 8.88. The number of rotatable bonds is 2. The second-order valence-corrected chi connectivity index (χ2v) is 3.39. The molecule has 0 spiro atoms. The zero-order chi connectivity index (χ0) is 11.4. The highest BCUT2D eigenvalue weighted by molar-refractivity contribution is 5.99. The van der Waals surface area contributed by atoms with Crippen LogP contribution >= 0.6 is 0 Å². The molecule has 0 saturated heterocycles. The molecule has 0 unspecified atom stereocenters. The van der Waals surface area contributed by atoms with Gasteiger partial charge in [-0.05, 0) is 10.8 Å². The molecule has 0 aliphatic rings. The van der Waals surface area contributed by atoms with Crippen molar-refractivity contribution in [2.75, 3.05) is 0 Å². The fraction of sp³-hybridized carbons (Fsp3) is 0.0769. The minimum Gasteiger partial charge on any atom is -0.319 e. The van der Waals surface area contributed by atoms with Gasteiger partial charge >= 0.3 is 5.97 Å².